The number of likely N-dealkylation sites (N-methyl/N-ethyl adjacent to an activating group) is 1. The van der Waals surface area contributed by atoms with Gasteiger partial charge in [0.1, 0.15) is 18.1 Å². The lowest BCUT2D eigenvalue weighted by Gasteiger charge is -2.17. The minimum atomic E-state index is -0.0823. The van der Waals surface area contributed by atoms with Crippen LogP contribution in [0.1, 0.15) is 5.56 Å². The molecule has 0 saturated carbocycles. The number of ether oxygens (including phenoxy) is 2. The molecule has 2 aromatic carbocycles. The third-order valence-corrected chi connectivity index (χ3v) is 3.53. The number of rotatable bonds is 8. The molecule has 0 saturated heterocycles. The van der Waals surface area contributed by atoms with E-state index in [0.717, 1.165) is 11.3 Å². The van der Waals surface area contributed by atoms with Gasteiger partial charge in [0, 0.05) is 6.54 Å². The molecule has 0 spiro atoms. The third-order valence-electron chi connectivity index (χ3n) is 3.53. The molecule has 0 aliphatic heterocycles. The molecule has 0 aliphatic carbocycles. The van der Waals surface area contributed by atoms with E-state index in [0.29, 0.717) is 24.6 Å². The Bertz CT molecular complexity index is 659. The van der Waals surface area contributed by atoms with E-state index in [1.54, 1.807) is 7.11 Å². The molecule has 0 unspecified atom stereocenters. The van der Waals surface area contributed by atoms with Crippen LogP contribution in [0.2, 0.25) is 0 Å². The predicted octanol–water partition coefficient (Wildman–Crippen LogP) is 2.95. The second kappa shape index (κ2) is 8.93. The van der Waals surface area contributed by atoms with Crippen LogP contribution in [-0.4, -0.2) is 44.7 Å². The smallest absolute Gasteiger partial charge is 0.238 e. The Morgan fingerprint density at radius 3 is 2.62 bits per heavy atom. The molecule has 0 heterocycles. The van der Waals surface area contributed by atoms with Crippen molar-refractivity contribution in [2.45, 2.75) is 6.92 Å². The van der Waals surface area contributed by atoms with Gasteiger partial charge in [0.2, 0.25) is 5.91 Å². The van der Waals surface area contributed by atoms with Crippen LogP contribution in [-0.2, 0) is 4.79 Å². The zero-order chi connectivity index (χ0) is 17.4. The van der Waals surface area contributed by atoms with Crippen molar-refractivity contribution in [1.82, 2.24) is 4.90 Å². The highest BCUT2D eigenvalue weighted by molar-refractivity contribution is 5.93. The van der Waals surface area contributed by atoms with E-state index in [-0.39, 0.29) is 12.5 Å². The van der Waals surface area contributed by atoms with E-state index < -0.39 is 0 Å². The number of aryl methyl sites for hydroxylation is 1. The van der Waals surface area contributed by atoms with E-state index in [2.05, 4.69) is 5.32 Å². The molecule has 0 atom stereocenters. The number of hydrogen-bond acceptors (Lipinski definition) is 4. The molecular formula is C19H24N2O3. The van der Waals surface area contributed by atoms with Crippen molar-refractivity contribution in [2.75, 3.05) is 39.2 Å². The number of hydrogen-bond donors (Lipinski definition) is 1. The van der Waals surface area contributed by atoms with Gasteiger partial charge in [0.05, 0.1) is 19.3 Å². The maximum absolute atomic E-state index is 12.2. The summed E-state index contributed by atoms with van der Waals surface area (Å²) >= 11 is 0. The summed E-state index contributed by atoms with van der Waals surface area (Å²) in [5, 5.41) is 2.89. The number of nitrogens with zero attached hydrogens (tertiary/aromatic N) is 1. The van der Waals surface area contributed by atoms with Crippen molar-refractivity contribution >= 4 is 11.6 Å². The van der Waals surface area contributed by atoms with Gasteiger partial charge in [-0.15, -0.1) is 0 Å². The molecule has 2 aromatic rings. The summed E-state index contributed by atoms with van der Waals surface area (Å²) in [6, 6.07) is 15.3. The highest BCUT2D eigenvalue weighted by atomic mass is 16.5. The molecule has 128 valence electrons. The molecule has 0 bridgehead atoms. The van der Waals surface area contributed by atoms with Gasteiger partial charge >= 0.3 is 0 Å². The molecule has 0 fully saturated rings. The third kappa shape index (κ3) is 5.59. The average molecular weight is 328 g/mol. The Kier molecular flexibility index (Phi) is 6.63. The van der Waals surface area contributed by atoms with Crippen LogP contribution in [0.25, 0.3) is 0 Å². The molecular weight excluding hydrogens is 304 g/mol. The van der Waals surface area contributed by atoms with Crippen LogP contribution in [0.5, 0.6) is 11.5 Å². The van der Waals surface area contributed by atoms with Gasteiger partial charge in [-0.2, -0.15) is 0 Å². The van der Waals surface area contributed by atoms with Crippen molar-refractivity contribution in [2.24, 2.45) is 0 Å². The van der Waals surface area contributed by atoms with Crippen LogP contribution in [0.4, 0.5) is 5.69 Å². The van der Waals surface area contributed by atoms with Crippen molar-refractivity contribution in [3.63, 3.8) is 0 Å². The Balaban J connectivity index is 1.78. The first-order valence-corrected chi connectivity index (χ1v) is 7.89. The fourth-order valence-electron chi connectivity index (χ4n) is 2.27. The van der Waals surface area contributed by atoms with Gasteiger partial charge in [0.15, 0.2) is 0 Å². The van der Waals surface area contributed by atoms with Gasteiger partial charge in [-0.1, -0.05) is 24.3 Å². The number of benzene rings is 2. The lowest BCUT2D eigenvalue weighted by molar-refractivity contribution is -0.117. The summed E-state index contributed by atoms with van der Waals surface area (Å²) in [4.78, 5) is 14.1. The maximum atomic E-state index is 12.2. The summed E-state index contributed by atoms with van der Waals surface area (Å²) < 4.78 is 10.9. The lowest BCUT2D eigenvalue weighted by atomic mass is 10.2. The molecule has 0 radical (unpaired) electrons. The van der Waals surface area contributed by atoms with E-state index in [1.165, 1.54) is 0 Å². The van der Waals surface area contributed by atoms with Crippen LogP contribution in [0.3, 0.4) is 0 Å². The monoisotopic (exact) mass is 328 g/mol. The second-order valence-electron chi connectivity index (χ2n) is 5.65. The number of anilines is 1. The molecule has 2 rings (SSSR count). The van der Waals surface area contributed by atoms with Gasteiger partial charge in [0.25, 0.3) is 0 Å². The standard InChI is InChI=1S/C19H24N2O3/c1-15-9-10-18(23-3)17(13-15)20-19(22)14-21(2)11-12-24-16-7-5-4-6-8-16/h4-10,13H,11-12,14H2,1-3H3,(H,20,22). The highest BCUT2D eigenvalue weighted by Crippen LogP contribution is 2.25. The zero-order valence-corrected chi connectivity index (χ0v) is 14.4. The van der Waals surface area contributed by atoms with Gasteiger partial charge in [-0.3, -0.25) is 9.69 Å². The number of para-hydroxylation sites is 1. The van der Waals surface area contributed by atoms with Gasteiger partial charge < -0.3 is 14.8 Å². The highest BCUT2D eigenvalue weighted by Gasteiger charge is 2.10. The van der Waals surface area contributed by atoms with Crippen molar-refractivity contribution in [3.05, 3.63) is 54.1 Å². The van der Waals surface area contributed by atoms with Crippen LogP contribution in [0, 0.1) is 6.92 Å². The summed E-state index contributed by atoms with van der Waals surface area (Å²) in [5.41, 5.74) is 1.76. The Morgan fingerprint density at radius 1 is 1.17 bits per heavy atom. The number of amides is 1. The second-order valence-corrected chi connectivity index (χ2v) is 5.65. The van der Waals surface area contributed by atoms with E-state index in [4.69, 9.17) is 9.47 Å². The van der Waals surface area contributed by atoms with Crippen LogP contribution >= 0.6 is 0 Å². The first kappa shape index (κ1) is 17.8. The number of carbonyl (C=O) groups excluding carboxylic acids is 1. The number of methoxy groups -OCH3 is 1. The molecule has 5 heteroatoms. The molecule has 1 N–H and O–H groups in total. The van der Waals surface area contributed by atoms with E-state index in [1.807, 2.05) is 67.4 Å². The average Bonchev–Trinajstić information content (AvgIpc) is 2.56. The summed E-state index contributed by atoms with van der Waals surface area (Å²) in [7, 11) is 3.48. The lowest BCUT2D eigenvalue weighted by Crippen LogP contribution is -2.33. The molecule has 5 nitrogen and oxygen atoms in total. The minimum absolute atomic E-state index is 0.0823. The normalized spacial score (nSPS) is 10.5. The molecule has 24 heavy (non-hydrogen) atoms. The van der Waals surface area contributed by atoms with Crippen LogP contribution < -0.4 is 14.8 Å². The first-order valence-electron chi connectivity index (χ1n) is 7.89. The van der Waals surface area contributed by atoms with E-state index in [9.17, 15) is 4.79 Å². The topological polar surface area (TPSA) is 50.8 Å². The molecule has 0 aliphatic rings. The quantitative estimate of drug-likeness (QED) is 0.809. The predicted molar refractivity (Wildman–Crippen MR) is 95.8 cm³/mol. The van der Waals surface area contributed by atoms with Crippen molar-refractivity contribution in [1.29, 1.82) is 0 Å². The van der Waals surface area contributed by atoms with Crippen molar-refractivity contribution in [3.8, 4) is 11.5 Å². The SMILES string of the molecule is COc1ccc(C)cc1NC(=O)CN(C)CCOc1ccccc1. The largest absolute Gasteiger partial charge is 0.495 e. The van der Waals surface area contributed by atoms with Crippen LogP contribution in [0.15, 0.2) is 48.5 Å². The number of nitrogens with one attached hydrogen (secondary N) is 1. The first-order chi connectivity index (χ1) is 11.6. The van der Waals surface area contributed by atoms with Crippen molar-refractivity contribution < 1.29 is 14.3 Å². The fourth-order valence-corrected chi connectivity index (χ4v) is 2.27. The number of carbonyl (C=O) groups is 1. The fraction of sp³-hybridized carbons (Fsp3) is 0.316. The van der Waals surface area contributed by atoms with Gasteiger partial charge in [-0.05, 0) is 43.8 Å². The molecule has 0 aromatic heterocycles. The molecule has 1 amide bonds. The Labute approximate surface area is 143 Å². The zero-order valence-electron chi connectivity index (χ0n) is 14.4. The summed E-state index contributed by atoms with van der Waals surface area (Å²) in [6.07, 6.45) is 0. The van der Waals surface area contributed by atoms with E-state index >= 15 is 0 Å². The summed E-state index contributed by atoms with van der Waals surface area (Å²) in [6.45, 7) is 3.45. The summed E-state index contributed by atoms with van der Waals surface area (Å²) in [5.74, 6) is 1.41. The Morgan fingerprint density at radius 2 is 1.92 bits per heavy atom. The minimum Gasteiger partial charge on any atom is -0.495 e. The Hall–Kier alpha value is -2.53. The van der Waals surface area contributed by atoms with Gasteiger partial charge in [-0.25, -0.2) is 0 Å². The maximum Gasteiger partial charge on any atom is 0.238 e.